The second-order valence-corrected chi connectivity index (χ2v) is 7.59. The molecule has 1 aromatic rings. The average molecular weight is 318 g/mol. The van der Waals surface area contributed by atoms with Gasteiger partial charge in [-0.25, -0.2) is 0 Å². The molecule has 4 nitrogen and oxygen atoms in total. The first-order valence-electron chi connectivity index (χ1n) is 8.54. The van der Waals surface area contributed by atoms with Crippen molar-refractivity contribution in [3.8, 4) is 5.75 Å². The summed E-state index contributed by atoms with van der Waals surface area (Å²) in [7, 11) is 0. The molecule has 1 aromatic carbocycles. The summed E-state index contributed by atoms with van der Waals surface area (Å²) in [4.78, 5) is 16.7. The lowest BCUT2D eigenvalue weighted by Crippen LogP contribution is -2.50. The molecule has 1 heterocycles. The van der Waals surface area contributed by atoms with Gasteiger partial charge in [0.25, 0.3) is 5.91 Å². The molecule has 0 atom stereocenters. The lowest BCUT2D eigenvalue weighted by Gasteiger charge is -2.35. The normalized spacial score (nSPS) is 16.4. The second kappa shape index (κ2) is 7.82. The number of hydrogen-bond donors (Lipinski definition) is 0. The molecule has 1 saturated heterocycles. The Labute approximate surface area is 140 Å². The van der Waals surface area contributed by atoms with Crippen LogP contribution in [0.5, 0.6) is 5.75 Å². The number of benzene rings is 1. The maximum atomic E-state index is 12.3. The monoisotopic (exact) mass is 318 g/mol. The van der Waals surface area contributed by atoms with Crippen LogP contribution in [0.15, 0.2) is 24.3 Å². The lowest BCUT2D eigenvalue weighted by atomic mass is 9.92. The van der Waals surface area contributed by atoms with E-state index in [0.29, 0.717) is 5.41 Å². The summed E-state index contributed by atoms with van der Waals surface area (Å²) in [5.74, 6) is 0.883. The van der Waals surface area contributed by atoms with Crippen LogP contribution < -0.4 is 4.74 Å². The summed E-state index contributed by atoms with van der Waals surface area (Å²) in [6.45, 7) is 13.6. The zero-order chi connectivity index (χ0) is 16.9. The van der Waals surface area contributed by atoms with E-state index < -0.39 is 0 Å². The van der Waals surface area contributed by atoms with Gasteiger partial charge in [-0.2, -0.15) is 0 Å². The van der Waals surface area contributed by atoms with E-state index in [-0.39, 0.29) is 12.5 Å². The van der Waals surface area contributed by atoms with E-state index in [1.165, 1.54) is 6.42 Å². The van der Waals surface area contributed by atoms with E-state index in [4.69, 9.17) is 4.74 Å². The molecular weight excluding hydrogens is 288 g/mol. The number of aryl methyl sites for hydroxylation is 1. The molecule has 1 amide bonds. The maximum absolute atomic E-state index is 12.3. The van der Waals surface area contributed by atoms with Gasteiger partial charge in [0.1, 0.15) is 5.75 Å². The number of ether oxygens (including phenoxy) is 1. The Morgan fingerprint density at radius 3 is 2.39 bits per heavy atom. The zero-order valence-corrected chi connectivity index (χ0v) is 15.0. The van der Waals surface area contributed by atoms with E-state index >= 15 is 0 Å². The molecule has 0 radical (unpaired) electrons. The van der Waals surface area contributed by atoms with E-state index in [0.717, 1.165) is 44.0 Å². The number of carbonyl (C=O) groups excluding carboxylic acids is 1. The SMILES string of the molecule is Cc1ccccc1OCC(=O)N1CCN(CCC(C)(C)C)CC1. The smallest absolute Gasteiger partial charge is 0.260 e. The van der Waals surface area contributed by atoms with E-state index in [9.17, 15) is 4.79 Å². The van der Waals surface area contributed by atoms with Crippen molar-refractivity contribution in [2.24, 2.45) is 5.41 Å². The molecule has 0 N–H and O–H groups in total. The molecule has 1 aliphatic heterocycles. The van der Waals surface area contributed by atoms with Crippen LogP contribution in [0.3, 0.4) is 0 Å². The Hall–Kier alpha value is -1.55. The predicted octanol–water partition coefficient (Wildman–Crippen LogP) is 2.95. The highest BCUT2D eigenvalue weighted by atomic mass is 16.5. The Kier molecular flexibility index (Phi) is 6.05. The van der Waals surface area contributed by atoms with Crippen LogP contribution in [0, 0.1) is 12.3 Å². The standard InChI is InChI=1S/C19H30N2O2/c1-16-7-5-6-8-17(16)23-15-18(22)21-13-11-20(12-14-21)10-9-19(2,3)4/h5-8H,9-15H2,1-4H3. The van der Waals surface area contributed by atoms with Crippen LogP contribution in [0.25, 0.3) is 0 Å². The van der Waals surface area contributed by atoms with Crippen molar-refractivity contribution in [1.82, 2.24) is 9.80 Å². The molecule has 4 heteroatoms. The number of carbonyl (C=O) groups is 1. The molecule has 0 aromatic heterocycles. The highest BCUT2D eigenvalue weighted by Gasteiger charge is 2.22. The fraction of sp³-hybridized carbons (Fsp3) is 0.632. The highest BCUT2D eigenvalue weighted by Crippen LogP contribution is 2.19. The van der Waals surface area contributed by atoms with Gasteiger partial charge in [-0.1, -0.05) is 39.0 Å². The minimum absolute atomic E-state index is 0.0868. The van der Waals surface area contributed by atoms with Gasteiger partial charge < -0.3 is 9.64 Å². The van der Waals surface area contributed by atoms with Crippen molar-refractivity contribution in [3.05, 3.63) is 29.8 Å². The van der Waals surface area contributed by atoms with Crippen molar-refractivity contribution in [1.29, 1.82) is 0 Å². The third-order valence-corrected chi connectivity index (χ3v) is 4.35. The topological polar surface area (TPSA) is 32.8 Å². The molecule has 2 rings (SSSR count). The van der Waals surface area contributed by atoms with E-state index in [1.54, 1.807) is 0 Å². The van der Waals surface area contributed by atoms with Gasteiger partial charge in [-0.05, 0) is 36.9 Å². The molecular formula is C19H30N2O2. The van der Waals surface area contributed by atoms with Crippen LogP contribution in [0.1, 0.15) is 32.8 Å². The molecule has 128 valence electrons. The van der Waals surface area contributed by atoms with Gasteiger partial charge in [0.05, 0.1) is 0 Å². The Bertz CT molecular complexity index is 514. The molecule has 1 aliphatic rings. The fourth-order valence-electron chi connectivity index (χ4n) is 2.66. The molecule has 0 bridgehead atoms. The second-order valence-electron chi connectivity index (χ2n) is 7.59. The Balaban J connectivity index is 1.72. The number of piperazine rings is 1. The molecule has 0 aliphatic carbocycles. The van der Waals surface area contributed by atoms with Crippen molar-refractivity contribution < 1.29 is 9.53 Å². The van der Waals surface area contributed by atoms with Crippen LogP contribution in [-0.4, -0.2) is 55.0 Å². The number of nitrogens with zero attached hydrogens (tertiary/aromatic N) is 2. The van der Waals surface area contributed by atoms with E-state index in [2.05, 4.69) is 25.7 Å². The largest absolute Gasteiger partial charge is 0.484 e. The summed E-state index contributed by atoms with van der Waals surface area (Å²) >= 11 is 0. The average Bonchev–Trinajstić information content (AvgIpc) is 2.52. The molecule has 0 unspecified atom stereocenters. The van der Waals surface area contributed by atoms with Crippen molar-refractivity contribution in [2.45, 2.75) is 34.1 Å². The predicted molar refractivity (Wildman–Crippen MR) is 93.8 cm³/mol. The van der Waals surface area contributed by atoms with Gasteiger partial charge in [-0.15, -0.1) is 0 Å². The van der Waals surface area contributed by atoms with Gasteiger partial charge in [0.2, 0.25) is 0 Å². The Morgan fingerprint density at radius 2 is 1.78 bits per heavy atom. The third kappa shape index (κ3) is 5.87. The Morgan fingerprint density at radius 1 is 1.13 bits per heavy atom. The van der Waals surface area contributed by atoms with Crippen LogP contribution in [-0.2, 0) is 4.79 Å². The van der Waals surface area contributed by atoms with Crippen LogP contribution in [0.2, 0.25) is 0 Å². The first kappa shape index (κ1) is 17.8. The summed E-state index contributed by atoms with van der Waals surface area (Å²) in [5.41, 5.74) is 1.43. The number of para-hydroxylation sites is 1. The van der Waals surface area contributed by atoms with Crippen molar-refractivity contribution in [3.63, 3.8) is 0 Å². The first-order chi connectivity index (χ1) is 10.8. The number of amides is 1. The molecule has 0 saturated carbocycles. The zero-order valence-electron chi connectivity index (χ0n) is 15.0. The van der Waals surface area contributed by atoms with Crippen molar-refractivity contribution >= 4 is 5.91 Å². The minimum Gasteiger partial charge on any atom is -0.484 e. The summed E-state index contributed by atoms with van der Waals surface area (Å²) in [6.07, 6.45) is 1.19. The van der Waals surface area contributed by atoms with Crippen LogP contribution in [0.4, 0.5) is 0 Å². The molecule has 1 fully saturated rings. The van der Waals surface area contributed by atoms with Gasteiger partial charge in [0, 0.05) is 26.2 Å². The van der Waals surface area contributed by atoms with Gasteiger partial charge in [0.15, 0.2) is 6.61 Å². The third-order valence-electron chi connectivity index (χ3n) is 4.35. The highest BCUT2D eigenvalue weighted by molar-refractivity contribution is 5.77. The molecule has 0 spiro atoms. The first-order valence-corrected chi connectivity index (χ1v) is 8.54. The van der Waals surface area contributed by atoms with Gasteiger partial charge >= 0.3 is 0 Å². The van der Waals surface area contributed by atoms with Crippen LogP contribution >= 0.6 is 0 Å². The summed E-state index contributed by atoms with van der Waals surface area (Å²) in [5, 5.41) is 0. The summed E-state index contributed by atoms with van der Waals surface area (Å²) < 4.78 is 5.67. The quantitative estimate of drug-likeness (QED) is 0.837. The maximum Gasteiger partial charge on any atom is 0.260 e. The lowest BCUT2D eigenvalue weighted by molar-refractivity contribution is -0.135. The summed E-state index contributed by atoms with van der Waals surface area (Å²) in [6, 6.07) is 7.81. The number of hydrogen-bond acceptors (Lipinski definition) is 3. The van der Waals surface area contributed by atoms with E-state index in [1.807, 2.05) is 36.1 Å². The van der Waals surface area contributed by atoms with Crippen molar-refractivity contribution in [2.75, 3.05) is 39.3 Å². The minimum atomic E-state index is 0.0868. The van der Waals surface area contributed by atoms with Gasteiger partial charge in [-0.3, -0.25) is 9.69 Å². The molecule has 23 heavy (non-hydrogen) atoms. The number of rotatable bonds is 5. The fourth-order valence-corrected chi connectivity index (χ4v) is 2.66.